The fraction of sp³-hybridized carbons (Fsp3) is 0.500. The third-order valence-corrected chi connectivity index (χ3v) is 4.14. The van der Waals surface area contributed by atoms with Gasteiger partial charge >= 0.3 is 0 Å². The van der Waals surface area contributed by atoms with Crippen LogP contribution in [0.2, 0.25) is 0 Å². The molecule has 1 aliphatic heterocycles. The molecule has 2 aromatic heterocycles. The van der Waals surface area contributed by atoms with Gasteiger partial charge in [-0.3, -0.25) is 9.58 Å². The van der Waals surface area contributed by atoms with Crippen molar-refractivity contribution in [1.82, 2.24) is 19.7 Å². The molecule has 112 valence electrons. The zero-order chi connectivity index (χ0) is 14.7. The number of hydrogen-bond donors (Lipinski definition) is 1. The van der Waals surface area contributed by atoms with Gasteiger partial charge in [-0.15, -0.1) is 0 Å². The highest BCUT2D eigenvalue weighted by molar-refractivity contribution is 5.35. The highest BCUT2D eigenvalue weighted by Crippen LogP contribution is 2.19. The van der Waals surface area contributed by atoms with Gasteiger partial charge in [0.25, 0.3) is 0 Å². The summed E-state index contributed by atoms with van der Waals surface area (Å²) < 4.78 is 1.96. The highest BCUT2D eigenvalue weighted by atomic mass is 15.3. The molecule has 1 N–H and O–H groups in total. The molecule has 1 fully saturated rings. The molecule has 1 unspecified atom stereocenters. The second-order valence-electron chi connectivity index (χ2n) is 5.88. The van der Waals surface area contributed by atoms with Gasteiger partial charge in [0.2, 0.25) is 0 Å². The first-order chi connectivity index (χ1) is 10.2. The minimum atomic E-state index is 0.695. The van der Waals surface area contributed by atoms with Gasteiger partial charge in [0, 0.05) is 38.6 Å². The van der Waals surface area contributed by atoms with Crippen molar-refractivity contribution in [3.63, 3.8) is 0 Å². The van der Waals surface area contributed by atoms with E-state index in [0.29, 0.717) is 5.92 Å². The first-order valence-electron chi connectivity index (χ1n) is 7.57. The lowest BCUT2D eigenvalue weighted by Crippen LogP contribution is -2.23. The molecule has 0 aromatic carbocycles. The summed E-state index contributed by atoms with van der Waals surface area (Å²) in [5.41, 5.74) is 2.34. The molecule has 0 saturated carbocycles. The van der Waals surface area contributed by atoms with Crippen LogP contribution in [0.1, 0.15) is 17.8 Å². The highest BCUT2D eigenvalue weighted by Gasteiger charge is 2.22. The number of aryl methyl sites for hydroxylation is 2. The maximum atomic E-state index is 4.49. The Labute approximate surface area is 126 Å². The molecule has 0 amide bonds. The average Bonchev–Trinajstić information content (AvgIpc) is 3.07. The van der Waals surface area contributed by atoms with E-state index in [2.05, 4.69) is 26.4 Å². The molecule has 1 aliphatic rings. The first-order valence-corrected chi connectivity index (χ1v) is 7.57. The lowest BCUT2D eigenvalue weighted by Gasteiger charge is -2.16. The van der Waals surface area contributed by atoms with Crippen LogP contribution in [0.5, 0.6) is 0 Å². The molecule has 5 heteroatoms. The smallest absolute Gasteiger partial charge is 0.126 e. The van der Waals surface area contributed by atoms with Crippen LogP contribution >= 0.6 is 0 Å². The zero-order valence-electron chi connectivity index (χ0n) is 12.8. The molecule has 0 radical (unpaired) electrons. The Hall–Kier alpha value is -1.88. The summed E-state index contributed by atoms with van der Waals surface area (Å²) in [7, 11) is 2.01. The van der Waals surface area contributed by atoms with E-state index >= 15 is 0 Å². The molecule has 1 saturated heterocycles. The van der Waals surface area contributed by atoms with Crippen LogP contribution in [0.3, 0.4) is 0 Å². The van der Waals surface area contributed by atoms with Gasteiger partial charge < -0.3 is 5.32 Å². The number of rotatable bonds is 5. The van der Waals surface area contributed by atoms with Crippen molar-refractivity contribution in [2.24, 2.45) is 13.0 Å². The zero-order valence-corrected chi connectivity index (χ0v) is 12.8. The first kappa shape index (κ1) is 14.1. The predicted octanol–water partition coefficient (Wildman–Crippen LogP) is 2.06. The monoisotopic (exact) mass is 285 g/mol. The number of likely N-dealkylation sites (tertiary alicyclic amines) is 1. The van der Waals surface area contributed by atoms with Gasteiger partial charge in [-0.05, 0) is 44.0 Å². The Morgan fingerprint density at radius 2 is 2.24 bits per heavy atom. The van der Waals surface area contributed by atoms with E-state index < -0.39 is 0 Å². The van der Waals surface area contributed by atoms with Crippen molar-refractivity contribution in [2.75, 3.05) is 25.0 Å². The molecule has 3 heterocycles. The predicted molar refractivity (Wildman–Crippen MR) is 84.1 cm³/mol. The lowest BCUT2D eigenvalue weighted by molar-refractivity contribution is 0.309. The van der Waals surface area contributed by atoms with Crippen molar-refractivity contribution < 1.29 is 0 Å². The van der Waals surface area contributed by atoms with E-state index in [0.717, 1.165) is 31.1 Å². The summed E-state index contributed by atoms with van der Waals surface area (Å²) in [6.45, 7) is 6.33. The van der Waals surface area contributed by atoms with Gasteiger partial charge in [0.15, 0.2) is 0 Å². The van der Waals surface area contributed by atoms with Crippen LogP contribution in [-0.2, 0) is 13.6 Å². The molecule has 0 bridgehead atoms. The Bertz CT molecular complexity index is 592. The third kappa shape index (κ3) is 3.61. The summed E-state index contributed by atoms with van der Waals surface area (Å²) in [5, 5.41) is 7.69. The average molecular weight is 285 g/mol. The Morgan fingerprint density at radius 1 is 1.33 bits per heavy atom. The molecule has 21 heavy (non-hydrogen) atoms. The number of nitrogens with zero attached hydrogens (tertiary/aromatic N) is 4. The summed E-state index contributed by atoms with van der Waals surface area (Å²) in [5.74, 6) is 1.68. The summed E-state index contributed by atoms with van der Waals surface area (Å²) >= 11 is 0. The van der Waals surface area contributed by atoms with Crippen LogP contribution in [0.25, 0.3) is 0 Å². The molecule has 0 aliphatic carbocycles. The van der Waals surface area contributed by atoms with Crippen molar-refractivity contribution >= 4 is 5.82 Å². The van der Waals surface area contributed by atoms with E-state index in [4.69, 9.17) is 0 Å². The second kappa shape index (κ2) is 6.26. The fourth-order valence-electron chi connectivity index (χ4n) is 2.90. The van der Waals surface area contributed by atoms with E-state index in [-0.39, 0.29) is 0 Å². The maximum absolute atomic E-state index is 4.49. The standard InChI is InChI=1S/C16H23N5/c1-13-4-3-5-16(19-13)17-10-14-7-9-21(11-14)12-15-6-8-18-20(15)2/h3-6,8,14H,7,9-12H2,1-2H3,(H,17,19). The van der Waals surface area contributed by atoms with E-state index in [1.807, 2.05) is 43.0 Å². The number of hydrogen-bond acceptors (Lipinski definition) is 4. The minimum Gasteiger partial charge on any atom is -0.370 e. The van der Waals surface area contributed by atoms with E-state index in [9.17, 15) is 0 Å². The van der Waals surface area contributed by atoms with Gasteiger partial charge in [-0.25, -0.2) is 4.98 Å². The van der Waals surface area contributed by atoms with Crippen molar-refractivity contribution in [2.45, 2.75) is 19.9 Å². The Kier molecular flexibility index (Phi) is 4.20. The van der Waals surface area contributed by atoms with Crippen molar-refractivity contribution in [3.8, 4) is 0 Å². The molecular weight excluding hydrogens is 262 g/mol. The van der Waals surface area contributed by atoms with Crippen molar-refractivity contribution in [3.05, 3.63) is 41.9 Å². The topological polar surface area (TPSA) is 46.0 Å². The molecule has 5 nitrogen and oxygen atoms in total. The van der Waals surface area contributed by atoms with Crippen molar-refractivity contribution in [1.29, 1.82) is 0 Å². The largest absolute Gasteiger partial charge is 0.370 e. The van der Waals surface area contributed by atoms with Crippen LogP contribution in [-0.4, -0.2) is 39.3 Å². The molecular formula is C16H23N5. The van der Waals surface area contributed by atoms with Crippen LogP contribution in [0, 0.1) is 12.8 Å². The van der Waals surface area contributed by atoms with Crippen LogP contribution < -0.4 is 5.32 Å². The lowest BCUT2D eigenvalue weighted by atomic mass is 10.1. The number of pyridine rings is 1. The summed E-state index contributed by atoms with van der Waals surface area (Å²) in [4.78, 5) is 7.00. The van der Waals surface area contributed by atoms with E-state index in [1.54, 1.807) is 0 Å². The molecule has 1 atom stereocenters. The molecule has 3 rings (SSSR count). The van der Waals surface area contributed by atoms with Gasteiger partial charge in [0.05, 0.1) is 5.69 Å². The summed E-state index contributed by atoms with van der Waals surface area (Å²) in [6.07, 6.45) is 3.12. The third-order valence-electron chi connectivity index (χ3n) is 4.14. The quantitative estimate of drug-likeness (QED) is 0.913. The number of anilines is 1. The van der Waals surface area contributed by atoms with E-state index in [1.165, 1.54) is 18.7 Å². The van der Waals surface area contributed by atoms with Gasteiger partial charge in [-0.1, -0.05) is 6.07 Å². The fourth-order valence-corrected chi connectivity index (χ4v) is 2.90. The minimum absolute atomic E-state index is 0.695. The van der Waals surface area contributed by atoms with Crippen LogP contribution in [0.4, 0.5) is 5.82 Å². The second-order valence-corrected chi connectivity index (χ2v) is 5.88. The molecule has 2 aromatic rings. The normalized spacial score (nSPS) is 19.0. The van der Waals surface area contributed by atoms with Gasteiger partial charge in [-0.2, -0.15) is 5.10 Å². The number of nitrogens with one attached hydrogen (secondary N) is 1. The molecule has 0 spiro atoms. The Balaban J connectivity index is 1.47. The van der Waals surface area contributed by atoms with Crippen LogP contribution in [0.15, 0.2) is 30.5 Å². The number of aromatic nitrogens is 3. The van der Waals surface area contributed by atoms with Gasteiger partial charge in [0.1, 0.15) is 5.82 Å². The maximum Gasteiger partial charge on any atom is 0.126 e. The summed E-state index contributed by atoms with van der Waals surface area (Å²) in [6, 6.07) is 8.21. The SMILES string of the molecule is Cc1cccc(NCC2CCN(Cc3ccnn3C)C2)n1. The Morgan fingerprint density at radius 3 is 3.00 bits per heavy atom.